The van der Waals surface area contributed by atoms with Crippen molar-refractivity contribution in [3.8, 4) is 0 Å². The Labute approximate surface area is 185 Å². The largest absolute Gasteiger partial charge is 0.369 e. The van der Waals surface area contributed by atoms with Crippen molar-refractivity contribution in [2.24, 2.45) is 0 Å². The summed E-state index contributed by atoms with van der Waals surface area (Å²) in [6, 6.07) is 20.2. The van der Waals surface area contributed by atoms with Crippen LogP contribution in [0.1, 0.15) is 24.8 Å². The lowest BCUT2D eigenvalue weighted by Gasteiger charge is -2.36. The number of nitrogens with zero attached hydrogens (tertiary/aromatic N) is 2. The number of anilines is 1. The quantitative estimate of drug-likeness (QED) is 0.546. The van der Waals surface area contributed by atoms with Gasteiger partial charge in [0.2, 0.25) is 11.8 Å². The van der Waals surface area contributed by atoms with Crippen LogP contribution in [0.4, 0.5) is 5.69 Å². The van der Waals surface area contributed by atoms with Crippen LogP contribution < -0.4 is 15.5 Å². The molecule has 31 heavy (non-hydrogen) atoms. The number of para-hydroxylation sites is 1. The third kappa shape index (κ3) is 8.42. The van der Waals surface area contributed by atoms with Gasteiger partial charge in [-0.1, -0.05) is 48.5 Å². The average molecular weight is 423 g/mol. The van der Waals surface area contributed by atoms with E-state index in [1.807, 2.05) is 30.3 Å². The molecular formula is C25H34N4O2. The number of nitrogens with one attached hydrogen (secondary N) is 2. The number of hydrogen-bond donors (Lipinski definition) is 2. The summed E-state index contributed by atoms with van der Waals surface area (Å²) in [6.07, 6.45) is 2.73. The fourth-order valence-corrected chi connectivity index (χ4v) is 3.80. The molecule has 6 nitrogen and oxygen atoms in total. The minimum atomic E-state index is -0.0497. The summed E-state index contributed by atoms with van der Waals surface area (Å²) in [7, 11) is 0. The molecule has 2 amide bonds. The summed E-state index contributed by atoms with van der Waals surface area (Å²) in [5.74, 6) is -0.0529. The zero-order valence-corrected chi connectivity index (χ0v) is 18.3. The predicted octanol–water partition coefficient (Wildman–Crippen LogP) is 2.45. The van der Waals surface area contributed by atoms with Crippen LogP contribution in [0.3, 0.4) is 0 Å². The van der Waals surface area contributed by atoms with Gasteiger partial charge >= 0.3 is 0 Å². The van der Waals surface area contributed by atoms with Gasteiger partial charge in [-0.25, -0.2) is 0 Å². The summed E-state index contributed by atoms with van der Waals surface area (Å²) in [5, 5.41) is 5.77. The van der Waals surface area contributed by atoms with E-state index in [0.717, 1.165) is 51.1 Å². The van der Waals surface area contributed by atoms with E-state index < -0.39 is 0 Å². The normalized spacial score (nSPS) is 14.3. The van der Waals surface area contributed by atoms with Crippen molar-refractivity contribution in [3.63, 3.8) is 0 Å². The van der Waals surface area contributed by atoms with E-state index in [-0.39, 0.29) is 11.8 Å². The highest BCUT2D eigenvalue weighted by Crippen LogP contribution is 2.15. The first kappa shape index (κ1) is 22.8. The lowest BCUT2D eigenvalue weighted by Crippen LogP contribution is -2.46. The van der Waals surface area contributed by atoms with Gasteiger partial charge in [0, 0.05) is 51.4 Å². The molecule has 0 atom stereocenters. The maximum absolute atomic E-state index is 11.9. The second-order valence-electron chi connectivity index (χ2n) is 7.98. The van der Waals surface area contributed by atoms with Crippen LogP contribution >= 0.6 is 0 Å². The molecule has 0 bridgehead atoms. The SMILES string of the molecule is O=C(CCNC(=O)Cc1ccccc1)NCCCCN1CCN(c2ccccc2)CC1. The van der Waals surface area contributed by atoms with Crippen molar-refractivity contribution in [1.29, 1.82) is 0 Å². The van der Waals surface area contributed by atoms with Crippen molar-refractivity contribution in [1.82, 2.24) is 15.5 Å². The van der Waals surface area contributed by atoms with Gasteiger partial charge in [0.05, 0.1) is 6.42 Å². The standard InChI is InChI=1S/C25H34N4O2/c30-24(13-15-27-25(31)21-22-9-3-1-4-10-22)26-14-7-8-16-28-17-19-29(20-18-28)23-11-5-2-6-12-23/h1-6,9-12H,7-8,13-21H2,(H,26,30)(H,27,31). The maximum atomic E-state index is 11.9. The van der Waals surface area contributed by atoms with Crippen LogP contribution in [-0.4, -0.2) is 62.5 Å². The van der Waals surface area contributed by atoms with Crippen LogP contribution in [-0.2, 0) is 16.0 Å². The van der Waals surface area contributed by atoms with E-state index in [2.05, 4.69) is 50.8 Å². The van der Waals surface area contributed by atoms with Gasteiger partial charge in [-0.2, -0.15) is 0 Å². The number of amides is 2. The number of unbranched alkanes of at least 4 members (excludes halogenated alkanes) is 1. The van der Waals surface area contributed by atoms with Crippen LogP contribution in [0.2, 0.25) is 0 Å². The zero-order valence-electron chi connectivity index (χ0n) is 18.3. The Balaban J connectivity index is 1.18. The summed E-state index contributed by atoms with van der Waals surface area (Å²) in [6.45, 7) is 6.46. The van der Waals surface area contributed by atoms with E-state index in [1.165, 1.54) is 5.69 Å². The highest BCUT2D eigenvalue weighted by Gasteiger charge is 2.16. The van der Waals surface area contributed by atoms with Gasteiger partial charge in [0.1, 0.15) is 0 Å². The summed E-state index contributed by atoms with van der Waals surface area (Å²) >= 11 is 0. The lowest BCUT2D eigenvalue weighted by atomic mass is 10.1. The number of piperazine rings is 1. The molecule has 0 radical (unpaired) electrons. The van der Waals surface area contributed by atoms with Crippen molar-refractivity contribution in [2.75, 3.05) is 50.7 Å². The summed E-state index contributed by atoms with van der Waals surface area (Å²) in [4.78, 5) is 28.8. The Hall–Kier alpha value is -2.86. The van der Waals surface area contributed by atoms with Crippen LogP contribution in [0.25, 0.3) is 0 Å². The zero-order chi connectivity index (χ0) is 21.7. The fraction of sp³-hybridized carbons (Fsp3) is 0.440. The number of carbonyl (C=O) groups excluding carboxylic acids is 2. The number of rotatable bonds is 11. The molecule has 1 fully saturated rings. The first-order valence-corrected chi connectivity index (χ1v) is 11.3. The van der Waals surface area contributed by atoms with Gasteiger partial charge in [-0.3, -0.25) is 14.5 Å². The Bertz CT molecular complexity index is 790. The van der Waals surface area contributed by atoms with Crippen molar-refractivity contribution >= 4 is 17.5 Å². The molecule has 166 valence electrons. The van der Waals surface area contributed by atoms with Crippen molar-refractivity contribution in [3.05, 3.63) is 66.2 Å². The minimum Gasteiger partial charge on any atom is -0.369 e. The lowest BCUT2D eigenvalue weighted by molar-refractivity contribution is -0.122. The second kappa shape index (κ2) is 12.7. The molecule has 6 heteroatoms. The predicted molar refractivity (Wildman–Crippen MR) is 125 cm³/mol. The third-order valence-electron chi connectivity index (χ3n) is 5.60. The molecule has 1 saturated heterocycles. The molecule has 1 aliphatic rings. The fourth-order valence-electron chi connectivity index (χ4n) is 3.80. The number of benzene rings is 2. The van der Waals surface area contributed by atoms with E-state index in [1.54, 1.807) is 0 Å². The van der Waals surface area contributed by atoms with E-state index >= 15 is 0 Å². The molecule has 3 rings (SSSR count). The van der Waals surface area contributed by atoms with E-state index in [4.69, 9.17) is 0 Å². The Kier molecular flexibility index (Phi) is 9.38. The summed E-state index contributed by atoms with van der Waals surface area (Å²) in [5.41, 5.74) is 2.28. The molecule has 0 aliphatic carbocycles. The van der Waals surface area contributed by atoms with Crippen LogP contribution in [0, 0.1) is 0 Å². The highest BCUT2D eigenvalue weighted by atomic mass is 16.2. The molecular weight excluding hydrogens is 388 g/mol. The molecule has 0 aromatic heterocycles. The Morgan fingerprint density at radius 3 is 2.10 bits per heavy atom. The second-order valence-corrected chi connectivity index (χ2v) is 7.98. The molecule has 2 aromatic rings. The Morgan fingerprint density at radius 2 is 1.39 bits per heavy atom. The molecule has 0 spiro atoms. The maximum Gasteiger partial charge on any atom is 0.224 e. The van der Waals surface area contributed by atoms with Gasteiger partial charge in [-0.15, -0.1) is 0 Å². The molecule has 0 saturated carbocycles. The summed E-state index contributed by atoms with van der Waals surface area (Å²) < 4.78 is 0. The average Bonchev–Trinajstić information content (AvgIpc) is 2.80. The van der Waals surface area contributed by atoms with Gasteiger partial charge in [-0.05, 0) is 37.1 Å². The minimum absolute atomic E-state index is 0.00325. The van der Waals surface area contributed by atoms with E-state index in [0.29, 0.717) is 25.9 Å². The first-order chi connectivity index (χ1) is 15.2. The molecule has 0 unspecified atom stereocenters. The third-order valence-corrected chi connectivity index (χ3v) is 5.60. The first-order valence-electron chi connectivity index (χ1n) is 11.3. The topological polar surface area (TPSA) is 64.7 Å². The van der Waals surface area contributed by atoms with Crippen molar-refractivity contribution < 1.29 is 9.59 Å². The highest BCUT2D eigenvalue weighted by molar-refractivity contribution is 5.80. The van der Waals surface area contributed by atoms with Gasteiger partial charge in [0.25, 0.3) is 0 Å². The van der Waals surface area contributed by atoms with E-state index in [9.17, 15) is 9.59 Å². The van der Waals surface area contributed by atoms with Crippen molar-refractivity contribution in [2.45, 2.75) is 25.7 Å². The Morgan fingerprint density at radius 1 is 0.742 bits per heavy atom. The smallest absolute Gasteiger partial charge is 0.224 e. The molecule has 1 aliphatic heterocycles. The number of hydrogen-bond acceptors (Lipinski definition) is 4. The van der Waals surface area contributed by atoms with Gasteiger partial charge in [0.15, 0.2) is 0 Å². The number of carbonyl (C=O) groups is 2. The molecule has 2 N–H and O–H groups in total. The monoisotopic (exact) mass is 422 g/mol. The van der Waals surface area contributed by atoms with Crippen LogP contribution in [0.5, 0.6) is 0 Å². The van der Waals surface area contributed by atoms with Crippen LogP contribution in [0.15, 0.2) is 60.7 Å². The molecule has 1 heterocycles. The molecule has 2 aromatic carbocycles. The van der Waals surface area contributed by atoms with Gasteiger partial charge < -0.3 is 15.5 Å².